The van der Waals surface area contributed by atoms with Gasteiger partial charge in [-0.15, -0.1) is 0 Å². The average molecular weight is 267 g/mol. The molecule has 2 rings (SSSR count). The van der Waals surface area contributed by atoms with Crippen molar-refractivity contribution in [1.82, 2.24) is 14.5 Å². The number of imidazole rings is 1. The number of methoxy groups -OCH3 is 1. The van der Waals surface area contributed by atoms with Crippen molar-refractivity contribution in [2.45, 2.75) is 31.7 Å². The second-order valence-corrected chi connectivity index (χ2v) is 5.33. The highest BCUT2D eigenvalue weighted by Gasteiger charge is 2.24. The third-order valence-corrected chi connectivity index (χ3v) is 4.00. The number of likely N-dealkylation sites (tertiary alicyclic amines) is 1. The van der Waals surface area contributed by atoms with Gasteiger partial charge in [-0.25, -0.2) is 4.98 Å². The lowest BCUT2D eigenvalue weighted by atomic mass is 9.95. The van der Waals surface area contributed by atoms with Gasteiger partial charge in [0, 0.05) is 32.0 Å². The smallest absolute Gasteiger partial charge is 0.112 e. The first-order valence-electron chi connectivity index (χ1n) is 7.11. The summed E-state index contributed by atoms with van der Waals surface area (Å²) in [4.78, 5) is 6.95. The van der Waals surface area contributed by atoms with Crippen LogP contribution in [0.4, 0.5) is 0 Å². The first-order valence-corrected chi connectivity index (χ1v) is 7.11. The fourth-order valence-corrected chi connectivity index (χ4v) is 2.74. The van der Waals surface area contributed by atoms with Crippen LogP contribution in [0.25, 0.3) is 0 Å². The predicted octanol–water partition coefficient (Wildman–Crippen LogP) is 1.26. The molecule has 19 heavy (non-hydrogen) atoms. The first-order chi connectivity index (χ1) is 9.26. The second-order valence-electron chi connectivity index (χ2n) is 5.33. The van der Waals surface area contributed by atoms with E-state index in [1.54, 1.807) is 7.11 Å². The number of hydrogen-bond acceptors (Lipinski definition) is 4. The summed E-state index contributed by atoms with van der Waals surface area (Å²) >= 11 is 0. The summed E-state index contributed by atoms with van der Waals surface area (Å²) in [6.07, 6.45) is 6.10. The molecule has 0 unspecified atom stereocenters. The Balaban J connectivity index is 1.92. The minimum Gasteiger partial charge on any atom is -0.394 e. The van der Waals surface area contributed by atoms with Crippen LogP contribution in [0, 0.1) is 0 Å². The Labute approximate surface area is 115 Å². The van der Waals surface area contributed by atoms with Gasteiger partial charge < -0.3 is 19.3 Å². The third kappa shape index (κ3) is 3.55. The molecule has 5 nitrogen and oxygen atoms in total. The fourth-order valence-electron chi connectivity index (χ4n) is 2.74. The summed E-state index contributed by atoms with van der Waals surface area (Å²) in [6.45, 7) is 6.23. The molecule has 0 aromatic carbocycles. The Morgan fingerprint density at radius 3 is 2.84 bits per heavy atom. The van der Waals surface area contributed by atoms with Crippen LogP contribution in [-0.4, -0.2) is 59.5 Å². The highest BCUT2D eigenvalue weighted by atomic mass is 16.5. The minimum atomic E-state index is 0.115. The number of hydrogen-bond donors (Lipinski definition) is 1. The van der Waals surface area contributed by atoms with Crippen LogP contribution in [0.2, 0.25) is 0 Å². The van der Waals surface area contributed by atoms with Gasteiger partial charge in [0.1, 0.15) is 5.82 Å². The maximum atomic E-state index is 9.30. The SMILES string of the molecule is COCCN1CCC(c2nccn2[C@@H](C)CO)CC1. The second kappa shape index (κ2) is 7.03. The normalized spacial score (nSPS) is 19.7. The van der Waals surface area contributed by atoms with E-state index in [0.717, 1.165) is 44.9 Å². The van der Waals surface area contributed by atoms with Gasteiger partial charge in [-0.2, -0.15) is 0 Å². The van der Waals surface area contributed by atoms with E-state index in [4.69, 9.17) is 4.74 Å². The Morgan fingerprint density at radius 1 is 1.47 bits per heavy atom. The Hall–Kier alpha value is -0.910. The van der Waals surface area contributed by atoms with Crippen molar-refractivity contribution < 1.29 is 9.84 Å². The highest BCUT2D eigenvalue weighted by molar-refractivity contribution is 5.04. The molecule has 0 radical (unpaired) electrons. The molecule has 1 N–H and O–H groups in total. The quantitative estimate of drug-likeness (QED) is 0.843. The zero-order valence-corrected chi connectivity index (χ0v) is 12.0. The molecular formula is C14H25N3O2. The number of aromatic nitrogens is 2. The maximum absolute atomic E-state index is 9.30. The third-order valence-electron chi connectivity index (χ3n) is 4.00. The molecule has 1 atom stereocenters. The molecule has 5 heteroatoms. The predicted molar refractivity (Wildman–Crippen MR) is 74.3 cm³/mol. The lowest BCUT2D eigenvalue weighted by Crippen LogP contribution is -2.36. The minimum absolute atomic E-state index is 0.115. The number of ether oxygens (including phenoxy) is 1. The van der Waals surface area contributed by atoms with Gasteiger partial charge in [-0.3, -0.25) is 0 Å². The van der Waals surface area contributed by atoms with Crippen LogP contribution in [0.5, 0.6) is 0 Å². The van der Waals surface area contributed by atoms with E-state index in [1.165, 1.54) is 0 Å². The standard InChI is InChI=1S/C14H25N3O2/c1-12(11-18)17-8-5-15-14(17)13-3-6-16(7-4-13)9-10-19-2/h5,8,12-13,18H,3-4,6-7,9-11H2,1-2H3/t12-/m0/s1. The van der Waals surface area contributed by atoms with E-state index in [2.05, 4.69) is 14.5 Å². The zero-order valence-electron chi connectivity index (χ0n) is 12.0. The van der Waals surface area contributed by atoms with Gasteiger partial charge in [0.15, 0.2) is 0 Å². The number of aliphatic hydroxyl groups excluding tert-OH is 1. The first kappa shape index (κ1) is 14.5. The zero-order chi connectivity index (χ0) is 13.7. The van der Waals surface area contributed by atoms with Crippen LogP contribution in [0.1, 0.15) is 37.5 Å². The van der Waals surface area contributed by atoms with Crippen molar-refractivity contribution in [3.8, 4) is 0 Å². The lowest BCUT2D eigenvalue weighted by Gasteiger charge is -2.32. The van der Waals surface area contributed by atoms with Crippen LogP contribution in [0.15, 0.2) is 12.4 Å². The van der Waals surface area contributed by atoms with Crippen molar-refractivity contribution in [3.63, 3.8) is 0 Å². The van der Waals surface area contributed by atoms with E-state index in [0.29, 0.717) is 5.92 Å². The van der Waals surface area contributed by atoms with Crippen LogP contribution in [0.3, 0.4) is 0 Å². The monoisotopic (exact) mass is 267 g/mol. The molecule has 0 saturated carbocycles. The summed E-state index contributed by atoms with van der Waals surface area (Å²) in [5.74, 6) is 1.65. The van der Waals surface area contributed by atoms with Crippen LogP contribution < -0.4 is 0 Å². The van der Waals surface area contributed by atoms with E-state index in [1.807, 2.05) is 19.3 Å². The summed E-state index contributed by atoms with van der Waals surface area (Å²) < 4.78 is 7.24. The lowest BCUT2D eigenvalue weighted by molar-refractivity contribution is 0.128. The molecule has 1 aromatic rings. The molecule has 2 heterocycles. The topological polar surface area (TPSA) is 50.5 Å². The van der Waals surface area contributed by atoms with Crippen molar-refractivity contribution in [2.75, 3.05) is 40.0 Å². The summed E-state index contributed by atoms with van der Waals surface area (Å²) in [6, 6.07) is 0.115. The fraction of sp³-hybridized carbons (Fsp3) is 0.786. The van der Waals surface area contributed by atoms with Gasteiger partial charge in [0.25, 0.3) is 0 Å². The molecule has 108 valence electrons. The molecule has 0 aliphatic carbocycles. The van der Waals surface area contributed by atoms with Crippen molar-refractivity contribution in [2.24, 2.45) is 0 Å². The van der Waals surface area contributed by atoms with E-state index in [-0.39, 0.29) is 12.6 Å². The van der Waals surface area contributed by atoms with Gasteiger partial charge in [0.05, 0.1) is 19.3 Å². The van der Waals surface area contributed by atoms with Crippen molar-refractivity contribution >= 4 is 0 Å². The van der Waals surface area contributed by atoms with Crippen LogP contribution >= 0.6 is 0 Å². The molecule has 1 fully saturated rings. The molecule has 0 amide bonds. The summed E-state index contributed by atoms with van der Waals surface area (Å²) in [7, 11) is 1.75. The van der Waals surface area contributed by atoms with Crippen LogP contribution in [-0.2, 0) is 4.74 Å². The van der Waals surface area contributed by atoms with Gasteiger partial charge in [-0.1, -0.05) is 0 Å². The van der Waals surface area contributed by atoms with Gasteiger partial charge in [-0.05, 0) is 32.9 Å². The Morgan fingerprint density at radius 2 is 2.21 bits per heavy atom. The molecule has 1 aliphatic rings. The Bertz CT molecular complexity index is 373. The van der Waals surface area contributed by atoms with Crippen molar-refractivity contribution in [1.29, 1.82) is 0 Å². The summed E-state index contributed by atoms with van der Waals surface area (Å²) in [5.41, 5.74) is 0. The van der Waals surface area contributed by atoms with Gasteiger partial charge >= 0.3 is 0 Å². The Kier molecular flexibility index (Phi) is 5.36. The number of aliphatic hydroxyl groups is 1. The number of piperidine rings is 1. The van der Waals surface area contributed by atoms with Gasteiger partial charge in [0.2, 0.25) is 0 Å². The molecule has 1 saturated heterocycles. The molecule has 0 bridgehead atoms. The largest absolute Gasteiger partial charge is 0.394 e. The van der Waals surface area contributed by atoms with E-state index in [9.17, 15) is 5.11 Å². The molecule has 0 spiro atoms. The maximum Gasteiger partial charge on any atom is 0.112 e. The number of nitrogens with zero attached hydrogens (tertiary/aromatic N) is 3. The summed E-state index contributed by atoms with van der Waals surface area (Å²) in [5, 5.41) is 9.30. The molecular weight excluding hydrogens is 242 g/mol. The van der Waals surface area contributed by atoms with E-state index >= 15 is 0 Å². The molecule has 1 aliphatic heterocycles. The van der Waals surface area contributed by atoms with Crippen molar-refractivity contribution in [3.05, 3.63) is 18.2 Å². The van der Waals surface area contributed by atoms with E-state index < -0.39 is 0 Å². The average Bonchev–Trinajstić information content (AvgIpc) is 2.94. The molecule has 1 aromatic heterocycles. The number of rotatable bonds is 6. The highest BCUT2D eigenvalue weighted by Crippen LogP contribution is 2.28.